The first-order valence-corrected chi connectivity index (χ1v) is 6.37. The number of hydrogen-bond acceptors (Lipinski definition) is 4. The van der Waals surface area contributed by atoms with E-state index in [1.165, 1.54) is 11.9 Å². The highest BCUT2D eigenvalue weighted by atomic mass is 16.5. The summed E-state index contributed by atoms with van der Waals surface area (Å²) in [5.74, 6) is 1.73. The van der Waals surface area contributed by atoms with Gasteiger partial charge in [0.15, 0.2) is 0 Å². The normalized spacial score (nSPS) is 14.1. The second-order valence-electron chi connectivity index (χ2n) is 4.73. The Morgan fingerprint density at radius 1 is 1.26 bits per heavy atom. The third-order valence-electron chi connectivity index (χ3n) is 3.20. The molecule has 2 aromatic rings. The predicted molar refractivity (Wildman–Crippen MR) is 74.1 cm³/mol. The zero-order valence-electron chi connectivity index (χ0n) is 11.8. The molecule has 102 valence electrons. The van der Waals surface area contributed by atoms with E-state index in [0.717, 1.165) is 17.1 Å². The summed E-state index contributed by atoms with van der Waals surface area (Å²) < 4.78 is 5.42. The summed E-state index contributed by atoms with van der Waals surface area (Å²) in [6, 6.07) is 6.46. The van der Waals surface area contributed by atoms with Crippen LogP contribution in [0.25, 0.3) is 0 Å². The molecule has 0 bridgehead atoms. The van der Waals surface area contributed by atoms with E-state index in [4.69, 9.17) is 4.74 Å². The van der Waals surface area contributed by atoms with Gasteiger partial charge in [-0.25, -0.2) is 4.98 Å². The van der Waals surface area contributed by atoms with Crippen molar-refractivity contribution >= 4 is 0 Å². The molecule has 2 unspecified atom stereocenters. The van der Waals surface area contributed by atoms with Crippen molar-refractivity contribution in [3.8, 4) is 5.75 Å². The number of ether oxygens (including phenoxy) is 1. The number of methoxy groups -OCH3 is 1. The van der Waals surface area contributed by atoms with Crippen LogP contribution in [-0.4, -0.2) is 22.3 Å². The topological polar surface area (TPSA) is 62.8 Å². The van der Waals surface area contributed by atoms with Crippen LogP contribution in [0.1, 0.15) is 42.9 Å². The van der Waals surface area contributed by atoms with Gasteiger partial charge in [-0.1, -0.05) is 17.7 Å². The quantitative estimate of drug-likeness (QED) is 0.867. The average molecular weight is 260 g/mol. The molecule has 0 spiro atoms. The summed E-state index contributed by atoms with van der Waals surface area (Å²) >= 11 is 0. The maximum Gasteiger partial charge on any atom is 0.141 e. The Bertz CT molecular complexity index is 524. The second-order valence-corrected chi connectivity index (χ2v) is 4.73. The molecule has 0 aliphatic heterocycles. The molecule has 2 atom stereocenters. The van der Waals surface area contributed by atoms with Crippen molar-refractivity contribution in [2.24, 2.45) is 0 Å². The number of rotatable bonds is 5. The molecule has 0 aliphatic rings. The van der Waals surface area contributed by atoms with Gasteiger partial charge in [-0.05, 0) is 26.8 Å². The van der Waals surface area contributed by atoms with E-state index in [0.29, 0.717) is 0 Å². The van der Waals surface area contributed by atoms with E-state index in [9.17, 15) is 0 Å². The minimum atomic E-state index is 0.0997. The summed E-state index contributed by atoms with van der Waals surface area (Å²) in [6.07, 6.45) is 1.52. The zero-order chi connectivity index (χ0) is 13.8. The molecule has 1 heterocycles. The van der Waals surface area contributed by atoms with Crippen molar-refractivity contribution in [2.45, 2.75) is 32.9 Å². The number of aryl methyl sites for hydroxylation is 1. The van der Waals surface area contributed by atoms with Gasteiger partial charge in [-0.3, -0.25) is 5.10 Å². The van der Waals surface area contributed by atoms with Gasteiger partial charge in [-0.15, -0.1) is 0 Å². The Morgan fingerprint density at radius 2 is 2.05 bits per heavy atom. The van der Waals surface area contributed by atoms with Gasteiger partial charge < -0.3 is 10.1 Å². The van der Waals surface area contributed by atoms with Crippen molar-refractivity contribution in [1.82, 2.24) is 20.5 Å². The molecule has 1 aromatic heterocycles. The lowest BCUT2D eigenvalue weighted by Gasteiger charge is -2.21. The number of nitrogens with one attached hydrogen (secondary N) is 2. The average Bonchev–Trinajstić information content (AvgIpc) is 2.92. The largest absolute Gasteiger partial charge is 0.496 e. The Kier molecular flexibility index (Phi) is 4.16. The highest BCUT2D eigenvalue weighted by Gasteiger charge is 2.16. The first kappa shape index (κ1) is 13.5. The van der Waals surface area contributed by atoms with E-state index < -0.39 is 0 Å². The molecule has 0 saturated carbocycles. The van der Waals surface area contributed by atoms with Crippen LogP contribution in [0, 0.1) is 6.92 Å². The maximum atomic E-state index is 5.42. The van der Waals surface area contributed by atoms with Gasteiger partial charge >= 0.3 is 0 Å². The van der Waals surface area contributed by atoms with Crippen molar-refractivity contribution in [2.75, 3.05) is 7.11 Å². The molecule has 5 heteroatoms. The van der Waals surface area contributed by atoms with Gasteiger partial charge in [0.1, 0.15) is 17.9 Å². The van der Waals surface area contributed by atoms with Crippen LogP contribution in [0.5, 0.6) is 5.75 Å². The molecule has 0 amide bonds. The summed E-state index contributed by atoms with van der Waals surface area (Å²) in [4.78, 5) is 4.16. The Hall–Kier alpha value is -1.88. The fourth-order valence-corrected chi connectivity index (χ4v) is 2.16. The minimum absolute atomic E-state index is 0.0997. The number of nitrogens with zero attached hydrogens (tertiary/aromatic N) is 2. The summed E-state index contributed by atoms with van der Waals surface area (Å²) in [7, 11) is 1.70. The lowest BCUT2D eigenvalue weighted by Crippen LogP contribution is -2.23. The molecule has 0 fully saturated rings. The van der Waals surface area contributed by atoms with Crippen LogP contribution in [0.2, 0.25) is 0 Å². The first-order chi connectivity index (χ1) is 9.11. The monoisotopic (exact) mass is 260 g/mol. The molecule has 5 nitrogen and oxygen atoms in total. The van der Waals surface area contributed by atoms with Gasteiger partial charge in [0.05, 0.1) is 13.2 Å². The van der Waals surface area contributed by atoms with E-state index in [1.54, 1.807) is 7.11 Å². The fourth-order valence-electron chi connectivity index (χ4n) is 2.16. The lowest BCUT2D eigenvalue weighted by molar-refractivity contribution is 0.395. The van der Waals surface area contributed by atoms with Gasteiger partial charge in [-0.2, -0.15) is 5.10 Å². The van der Waals surface area contributed by atoms with Crippen LogP contribution < -0.4 is 10.1 Å². The van der Waals surface area contributed by atoms with Crippen LogP contribution >= 0.6 is 0 Å². The maximum absolute atomic E-state index is 5.42. The van der Waals surface area contributed by atoms with E-state index in [2.05, 4.69) is 53.4 Å². The molecule has 2 N–H and O–H groups in total. The van der Waals surface area contributed by atoms with Gasteiger partial charge in [0.25, 0.3) is 0 Å². The van der Waals surface area contributed by atoms with Gasteiger partial charge in [0, 0.05) is 11.6 Å². The summed E-state index contributed by atoms with van der Waals surface area (Å²) in [5.41, 5.74) is 2.37. The number of aromatic nitrogens is 3. The molecule has 0 radical (unpaired) electrons. The van der Waals surface area contributed by atoms with Crippen LogP contribution in [0.3, 0.4) is 0 Å². The molecule has 0 aliphatic carbocycles. The number of aromatic amines is 1. The van der Waals surface area contributed by atoms with E-state index in [-0.39, 0.29) is 12.1 Å². The third-order valence-corrected chi connectivity index (χ3v) is 3.20. The summed E-state index contributed by atoms with van der Waals surface area (Å²) in [5, 5.41) is 10.2. The summed E-state index contributed by atoms with van der Waals surface area (Å²) in [6.45, 7) is 6.25. The van der Waals surface area contributed by atoms with E-state index >= 15 is 0 Å². The van der Waals surface area contributed by atoms with Gasteiger partial charge in [0.2, 0.25) is 0 Å². The standard InChI is InChI=1S/C14H20N4O/c1-9-5-6-13(19-4)12(7-9)10(2)17-11(3)14-15-8-16-18-14/h5-8,10-11,17H,1-4H3,(H,15,16,18). The van der Waals surface area contributed by atoms with Crippen molar-refractivity contribution in [3.63, 3.8) is 0 Å². The number of H-pyrrole nitrogens is 1. The van der Waals surface area contributed by atoms with Crippen molar-refractivity contribution in [1.29, 1.82) is 0 Å². The smallest absolute Gasteiger partial charge is 0.141 e. The number of benzene rings is 1. The first-order valence-electron chi connectivity index (χ1n) is 6.37. The van der Waals surface area contributed by atoms with E-state index in [1.807, 2.05) is 6.07 Å². The molecule has 19 heavy (non-hydrogen) atoms. The Labute approximate surface area is 113 Å². The van der Waals surface area contributed by atoms with Crippen molar-refractivity contribution < 1.29 is 4.74 Å². The minimum Gasteiger partial charge on any atom is -0.496 e. The lowest BCUT2D eigenvalue weighted by atomic mass is 10.0. The molecular formula is C14H20N4O. The van der Waals surface area contributed by atoms with Crippen LogP contribution in [-0.2, 0) is 0 Å². The third kappa shape index (κ3) is 3.12. The van der Waals surface area contributed by atoms with Crippen LogP contribution in [0.15, 0.2) is 24.5 Å². The molecule has 2 rings (SSSR count). The molecule has 1 aromatic carbocycles. The second kappa shape index (κ2) is 5.84. The Morgan fingerprint density at radius 3 is 2.68 bits per heavy atom. The van der Waals surface area contributed by atoms with Crippen LogP contribution in [0.4, 0.5) is 0 Å². The fraction of sp³-hybridized carbons (Fsp3) is 0.429. The Balaban J connectivity index is 2.15. The SMILES string of the molecule is COc1ccc(C)cc1C(C)NC(C)c1ncn[nH]1. The zero-order valence-corrected chi connectivity index (χ0v) is 11.8. The predicted octanol–water partition coefficient (Wildman–Crippen LogP) is 2.53. The highest BCUT2D eigenvalue weighted by molar-refractivity contribution is 5.38. The number of hydrogen-bond donors (Lipinski definition) is 2. The molecular weight excluding hydrogens is 240 g/mol. The molecule has 0 saturated heterocycles. The van der Waals surface area contributed by atoms with Crippen molar-refractivity contribution in [3.05, 3.63) is 41.5 Å². The highest BCUT2D eigenvalue weighted by Crippen LogP contribution is 2.27.